The molecule has 72 valence electrons. The zero-order valence-electron chi connectivity index (χ0n) is 6.69. The van der Waals surface area contributed by atoms with Crippen LogP contribution in [0.3, 0.4) is 0 Å². The standard InChI is InChI=1S/C6H12N2O3.ClH/c7-11-5-6(9)8-1-3-10-4-2-8;/h1-5,7H2;1H. The molecule has 2 N–H and O–H groups in total. The lowest BCUT2D eigenvalue weighted by atomic mass is 10.4. The van der Waals surface area contributed by atoms with Crippen LogP contribution >= 0.6 is 12.4 Å². The van der Waals surface area contributed by atoms with Crippen molar-refractivity contribution in [1.29, 1.82) is 0 Å². The minimum absolute atomic E-state index is 0. The van der Waals surface area contributed by atoms with E-state index in [1.807, 2.05) is 0 Å². The monoisotopic (exact) mass is 196 g/mol. The lowest BCUT2D eigenvalue weighted by molar-refractivity contribution is -0.140. The number of amides is 1. The minimum atomic E-state index is -0.0733. The molecule has 12 heavy (non-hydrogen) atoms. The fourth-order valence-corrected chi connectivity index (χ4v) is 0.975. The number of nitrogens with zero attached hydrogens (tertiary/aromatic N) is 1. The van der Waals surface area contributed by atoms with Crippen LogP contribution in [0.5, 0.6) is 0 Å². The third kappa shape index (κ3) is 3.36. The zero-order valence-corrected chi connectivity index (χ0v) is 7.51. The third-order valence-corrected chi connectivity index (χ3v) is 1.57. The molecule has 1 saturated heterocycles. The summed E-state index contributed by atoms with van der Waals surface area (Å²) in [5.74, 6) is 4.68. The molecular weight excluding hydrogens is 184 g/mol. The van der Waals surface area contributed by atoms with E-state index in [9.17, 15) is 4.79 Å². The van der Waals surface area contributed by atoms with Gasteiger partial charge >= 0.3 is 0 Å². The summed E-state index contributed by atoms with van der Waals surface area (Å²) >= 11 is 0. The topological polar surface area (TPSA) is 64.8 Å². The van der Waals surface area contributed by atoms with Crippen LogP contribution < -0.4 is 5.90 Å². The maximum absolute atomic E-state index is 11.1. The lowest BCUT2D eigenvalue weighted by Gasteiger charge is -2.26. The molecule has 1 heterocycles. The van der Waals surface area contributed by atoms with Crippen LogP contribution in [0.2, 0.25) is 0 Å². The van der Waals surface area contributed by atoms with Gasteiger partial charge in [0.1, 0.15) is 6.61 Å². The van der Waals surface area contributed by atoms with Gasteiger partial charge in [0.05, 0.1) is 13.2 Å². The lowest BCUT2D eigenvalue weighted by Crippen LogP contribution is -2.42. The highest BCUT2D eigenvalue weighted by molar-refractivity contribution is 5.85. The highest BCUT2D eigenvalue weighted by Gasteiger charge is 2.15. The maximum Gasteiger partial charge on any atom is 0.250 e. The zero-order chi connectivity index (χ0) is 8.10. The summed E-state index contributed by atoms with van der Waals surface area (Å²) in [6, 6.07) is 0. The van der Waals surface area contributed by atoms with E-state index in [0.717, 1.165) is 0 Å². The minimum Gasteiger partial charge on any atom is -0.378 e. The second kappa shape index (κ2) is 6.19. The van der Waals surface area contributed by atoms with Gasteiger partial charge in [0, 0.05) is 13.1 Å². The van der Waals surface area contributed by atoms with Crippen LogP contribution in [0.4, 0.5) is 0 Å². The largest absolute Gasteiger partial charge is 0.378 e. The fraction of sp³-hybridized carbons (Fsp3) is 0.833. The van der Waals surface area contributed by atoms with E-state index in [1.165, 1.54) is 0 Å². The Morgan fingerprint density at radius 2 is 2.08 bits per heavy atom. The number of hydrogen-bond acceptors (Lipinski definition) is 4. The summed E-state index contributed by atoms with van der Waals surface area (Å²) in [7, 11) is 0. The third-order valence-electron chi connectivity index (χ3n) is 1.57. The van der Waals surface area contributed by atoms with E-state index in [-0.39, 0.29) is 24.9 Å². The van der Waals surface area contributed by atoms with Gasteiger partial charge in [-0.05, 0) is 0 Å². The van der Waals surface area contributed by atoms with Gasteiger partial charge in [0.15, 0.2) is 0 Å². The molecule has 0 bridgehead atoms. The second-order valence-corrected chi connectivity index (χ2v) is 2.30. The molecule has 0 unspecified atom stereocenters. The van der Waals surface area contributed by atoms with Crippen molar-refractivity contribution < 1.29 is 14.4 Å². The molecule has 0 aromatic heterocycles. The van der Waals surface area contributed by atoms with Gasteiger partial charge in [0.2, 0.25) is 0 Å². The maximum atomic E-state index is 11.1. The molecular formula is C6H13ClN2O3. The van der Waals surface area contributed by atoms with Gasteiger partial charge < -0.3 is 9.64 Å². The van der Waals surface area contributed by atoms with Gasteiger partial charge in [-0.2, -0.15) is 0 Å². The average molecular weight is 197 g/mol. The van der Waals surface area contributed by atoms with E-state index >= 15 is 0 Å². The molecule has 0 saturated carbocycles. The number of hydrogen-bond donors (Lipinski definition) is 1. The molecule has 1 rings (SSSR count). The van der Waals surface area contributed by atoms with E-state index in [4.69, 9.17) is 10.6 Å². The molecule has 0 radical (unpaired) electrons. The summed E-state index contributed by atoms with van der Waals surface area (Å²) in [6.07, 6.45) is 0. The molecule has 0 aliphatic carbocycles. The molecule has 1 aliphatic heterocycles. The number of rotatable bonds is 2. The molecule has 0 spiro atoms. The summed E-state index contributed by atoms with van der Waals surface area (Å²) < 4.78 is 5.06. The van der Waals surface area contributed by atoms with Gasteiger partial charge in [-0.15, -0.1) is 12.4 Å². The average Bonchev–Trinajstić information content (AvgIpc) is 2.07. The number of halogens is 1. The van der Waals surface area contributed by atoms with Crippen molar-refractivity contribution >= 4 is 18.3 Å². The smallest absolute Gasteiger partial charge is 0.250 e. The van der Waals surface area contributed by atoms with Gasteiger partial charge in [-0.3, -0.25) is 9.63 Å². The van der Waals surface area contributed by atoms with E-state index in [0.29, 0.717) is 26.3 Å². The molecule has 0 aromatic rings. The first-order valence-electron chi connectivity index (χ1n) is 3.52. The van der Waals surface area contributed by atoms with E-state index in [2.05, 4.69) is 4.84 Å². The van der Waals surface area contributed by atoms with Crippen molar-refractivity contribution in [3.63, 3.8) is 0 Å². The first-order valence-corrected chi connectivity index (χ1v) is 3.52. The highest BCUT2D eigenvalue weighted by Crippen LogP contribution is 1.96. The van der Waals surface area contributed by atoms with Crippen LogP contribution in [0.1, 0.15) is 0 Å². The van der Waals surface area contributed by atoms with Gasteiger partial charge in [-0.1, -0.05) is 0 Å². The van der Waals surface area contributed by atoms with E-state index in [1.54, 1.807) is 4.90 Å². The molecule has 1 amide bonds. The summed E-state index contributed by atoms with van der Waals surface area (Å²) in [5.41, 5.74) is 0. The van der Waals surface area contributed by atoms with Crippen molar-refractivity contribution in [3.05, 3.63) is 0 Å². The Balaban J connectivity index is 0.00000121. The highest BCUT2D eigenvalue weighted by atomic mass is 35.5. The van der Waals surface area contributed by atoms with Crippen LogP contribution in [0, 0.1) is 0 Å². The SMILES string of the molecule is Cl.NOCC(=O)N1CCOCC1. The molecule has 1 aliphatic rings. The van der Waals surface area contributed by atoms with E-state index < -0.39 is 0 Å². The Hall–Kier alpha value is -0.360. The van der Waals surface area contributed by atoms with Crippen molar-refractivity contribution in [2.45, 2.75) is 0 Å². The van der Waals surface area contributed by atoms with Crippen molar-refractivity contribution in [1.82, 2.24) is 4.90 Å². The first kappa shape index (κ1) is 11.6. The Kier molecular flexibility index (Phi) is 6.00. The number of nitrogens with two attached hydrogens (primary N) is 1. The Labute approximate surface area is 77.2 Å². The molecule has 0 atom stereocenters. The Bertz CT molecular complexity index is 139. The van der Waals surface area contributed by atoms with Crippen LogP contribution in [-0.4, -0.2) is 43.7 Å². The molecule has 1 fully saturated rings. The summed E-state index contributed by atoms with van der Waals surface area (Å²) in [5, 5.41) is 0. The number of carbonyl (C=O) groups excluding carboxylic acids is 1. The Morgan fingerprint density at radius 1 is 1.50 bits per heavy atom. The van der Waals surface area contributed by atoms with Crippen molar-refractivity contribution in [3.8, 4) is 0 Å². The first-order chi connectivity index (χ1) is 5.34. The summed E-state index contributed by atoms with van der Waals surface area (Å²) in [6.45, 7) is 2.46. The molecule has 6 heteroatoms. The van der Waals surface area contributed by atoms with Crippen LogP contribution in [0.15, 0.2) is 0 Å². The number of carbonyl (C=O) groups is 1. The van der Waals surface area contributed by atoms with Crippen LogP contribution in [-0.2, 0) is 14.4 Å². The summed E-state index contributed by atoms with van der Waals surface area (Å²) in [4.78, 5) is 17.0. The van der Waals surface area contributed by atoms with Crippen molar-refractivity contribution in [2.24, 2.45) is 5.90 Å². The quantitative estimate of drug-likeness (QED) is 0.585. The molecule has 0 aromatic carbocycles. The van der Waals surface area contributed by atoms with Crippen molar-refractivity contribution in [2.75, 3.05) is 32.9 Å². The predicted octanol–water partition coefficient (Wildman–Crippen LogP) is -0.843. The molecule has 5 nitrogen and oxygen atoms in total. The van der Waals surface area contributed by atoms with Gasteiger partial charge in [-0.25, -0.2) is 5.90 Å². The number of morpholine rings is 1. The fourth-order valence-electron chi connectivity index (χ4n) is 0.975. The number of ether oxygens (including phenoxy) is 1. The van der Waals surface area contributed by atoms with Gasteiger partial charge in [0.25, 0.3) is 5.91 Å². The predicted molar refractivity (Wildman–Crippen MR) is 44.8 cm³/mol. The second-order valence-electron chi connectivity index (χ2n) is 2.30. The Morgan fingerprint density at radius 3 is 2.58 bits per heavy atom. The van der Waals surface area contributed by atoms with Crippen LogP contribution in [0.25, 0.3) is 0 Å². The normalized spacial score (nSPS) is 16.9.